The van der Waals surface area contributed by atoms with Gasteiger partial charge in [-0.1, -0.05) is 0 Å². The van der Waals surface area contributed by atoms with Crippen LogP contribution in [0.1, 0.15) is 20.3 Å². The molecule has 3 nitrogen and oxygen atoms in total. The van der Waals surface area contributed by atoms with Gasteiger partial charge in [-0.15, -0.1) is 11.8 Å². The summed E-state index contributed by atoms with van der Waals surface area (Å²) in [4.78, 5) is 10.2. The molecule has 0 radical (unpaired) electrons. The third kappa shape index (κ3) is 5.43. The lowest BCUT2D eigenvalue weighted by molar-refractivity contribution is -0.148. The summed E-state index contributed by atoms with van der Waals surface area (Å²) in [5, 5.41) is 8.38. The lowest BCUT2D eigenvalue weighted by Crippen LogP contribution is -2.20. The van der Waals surface area contributed by atoms with E-state index in [9.17, 15) is 4.79 Å². The average Bonchev–Trinajstić information content (AvgIpc) is 1.97. The molecule has 0 aromatic carbocycles. The first kappa shape index (κ1) is 9.99. The summed E-state index contributed by atoms with van der Waals surface area (Å²) in [6.45, 7) is 3.62. The molecule has 0 aliphatic carbocycles. The number of aliphatic carboxylic acids is 1. The second-order valence-electron chi connectivity index (χ2n) is 2.03. The maximum atomic E-state index is 10.2. The van der Waals surface area contributed by atoms with Crippen molar-refractivity contribution in [2.45, 2.75) is 26.4 Å². The Kier molecular flexibility index (Phi) is 5.22. The zero-order valence-electron chi connectivity index (χ0n) is 6.76. The van der Waals surface area contributed by atoms with Crippen LogP contribution in [0.15, 0.2) is 0 Å². The second-order valence-corrected chi connectivity index (χ2v) is 2.03. The van der Waals surface area contributed by atoms with Crippen molar-refractivity contribution >= 4 is 5.97 Å². The van der Waals surface area contributed by atoms with Gasteiger partial charge in [0.1, 0.15) is 0 Å². The number of carboxylic acids is 1. The van der Waals surface area contributed by atoms with E-state index in [0.29, 0.717) is 13.0 Å². The van der Waals surface area contributed by atoms with Gasteiger partial charge in [0.05, 0.1) is 6.61 Å². The minimum atomic E-state index is -0.936. The Morgan fingerprint density at radius 3 is 2.82 bits per heavy atom. The number of rotatable bonds is 4. The Labute approximate surface area is 66.4 Å². The topological polar surface area (TPSA) is 46.5 Å². The highest BCUT2D eigenvalue weighted by molar-refractivity contribution is 5.71. The van der Waals surface area contributed by atoms with E-state index in [0.717, 1.165) is 0 Å². The van der Waals surface area contributed by atoms with Crippen molar-refractivity contribution in [1.82, 2.24) is 0 Å². The summed E-state index contributed by atoms with van der Waals surface area (Å²) in [6, 6.07) is 0. The van der Waals surface area contributed by atoms with Crippen molar-refractivity contribution in [2.75, 3.05) is 6.61 Å². The van der Waals surface area contributed by atoms with Crippen molar-refractivity contribution in [1.29, 1.82) is 0 Å². The fourth-order valence-corrected chi connectivity index (χ4v) is 0.483. The predicted octanol–water partition coefficient (Wildman–Crippen LogP) is 0.889. The van der Waals surface area contributed by atoms with Gasteiger partial charge < -0.3 is 9.84 Å². The number of carbonyl (C=O) groups is 1. The van der Waals surface area contributed by atoms with E-state index in [1.165, 1.54) is 6.92 Å². The molecule has 0 bridgehead atoms. The molecule has 3 heteroatoms. The molecule has 0 amide bonds. The third-order valence-corrected chi connectivity index (χ3v) is 1.12. The number of carboxylic acid groups (broad SMARTS) is 1. The van der Waals surface area contributed by atoms with Crippen LogP contribution < -0.4 is 0 Å². The van der Waals surface area contributed by atoms with Gasteiger partial charge in [-0.2, -0.15) is 0 Å². The highest BCUT2D eigenvalue weighted by atomic mass is 16.5. The Morgan fingerprint density at radius 2 is 2.36 bits per heavy atom. The van der Waals surface area contributed by atoms with Crippen molar-refractivity contribution in [3.05, 3.63) is 0 Å². The monoisotopic (exact) mass is 156 g/mol. The fraction of sp³-hybridized carbons (Fsp3) is 0.625. The van der Waals surface area contributed by atoms with Gasteiger partial charge in [-0.05, 0) is 13.8 Å². The smallest absolute Gasteiger partial charge is 0.332 e. The predicted molar refractivity (Wildman–Crippen MR) is 41.1 cm³/mol. The zero-order valence-corrected chi connectivity index (χ0v) is 6.76. The Morgan fingerprint density at radius 1 is 1.73 bits per heavy atom. The first-order valence-electron chi connectivity index (χ1n) is 3.42. The molecule has 1 N–H and O–H groups in total. The Balaban J connectivity index is 3.36. The molecule has 11 heavy (non-hydrogen) atoms. The van der Waals surface area contributed by atoms with Crippen LogP contribution >= 0.6 is 0 Å². The van der Waals surface area contributed by atoms with E-state index in [2.05, 4.69) is 11.8 Å². The number of hydrogen-bond donors (Lipinski definition) is 1. The van der Waals surface area contributed by atoms with Gasteiger partial charge in [-0.25, -0.2) is 4.79 Å². The zero-order chi connectivity index (χ0) is 8.69. The molecule has 1 atom stereocenters. The van der Waals surface area contributed by atoms with E-state index in [-0.39, 0.29) is 0 Å². The van der Waals surface area contributed by atoms with Crippen LogP contribution in [0, 0.1) is 11.8 Å². The molecule has 0 aliphatic rings. The summed E-state index contributed by atoms with van der Waals surface area (Å²) in [7, 11) is 0. The van der Waals surface area contributed by atoms with Gasteiger partial charge in [0.15, 0.2) is 6.10 Å². The largest absolute Gasteiger partial charge is 0.479 e. The van der Waals surface area contributed by atoms with Crippen LogP contribution in [0.2, 0.25) is 0 Å². The molecule has 0 aromatic rings. The molecule has 62 valence electrons. The molecule has 0 aromatic heterocycles. The molecule has 0 saturated carbocycles. The van der Waals surface area contributed by atoms with Crippen LogP contribution in [0.5, 0.6) is 0 Å². The van der Waals surface area contributed by atoms with Gasteiger partial charge >= 0.3 is 5.97 Å². The van der Waals surface area contributed by atoms with E-state index in [1.807, 2.05) is 0 Å². The maximum Gasteiger partial charge on any atom is 0.332 e. The molecule has 0 fully saturated rings. The van der Waals surface area contributed by atoms with Gasteiger partial charge in [0.25, 0.3) is 0 Å². The van der Waals surface area contributed by atoms with Crippen LogP contribution in [0.3, 0.4) is 0 Å². The maximum absolute atomic E-state index is 10.2. The standard InChI is InChI=1S/C8H12O3/c1-3-4-5-6-11-7(2)8(9)10/h7H,5-6H2,1-2H3,(H,9,10). The van der Waals surface area contributed by atoms with Crippen molar-refractivity contribution in [3.63, 3.8) is 0 Å². The van der Waals surface area contributed by atoms with Crippen molar-refractivity contribution in [2.24, 2.45) is 0 Å². The minimum Gasteiger partial charge on any atom is -0.479 e. The first-order valence-corrected chi connectivity index (χ1v) is 3.42. The molecule has 0 rings (SSSR count). The van der Waals surface area contributed by atoms with Crippen molar-refractivity contribution < 1.29 is 14.6 Å². The average molecular weight is 156 g/mol. The van der Waals surface area contributed by atoms with Gasteiger partial charge in [0, 0.05) is 6.42 Å². The van der Waals surface area contributed by atoms with Gasteiger partial charge in [-0.3, -0.25) is 0 Å². The molecular weight excluding hydrogens is 144 g/mol. The highest BCUT2D eigenvalue weighted by Gasteiger charge is 2.09. The fourth-order valence-electron chi connectivity index (χ4n) is 0.483. The van der Waals surface area contributed by atoms with E-state index in [4.69, 9.17) is 9.84 Å². The van der Waals surface area contributed by atoms with Crippen molar-refractivity contribution in [3.8, 4) is 11.8 Å². The highest BCUT2D eigenvalue weighted by Crippen LogP contribution is 1.91. The summed E-state index contributed by atoms with van der Waals surface area (Å²) < 4.78 is 4.90. The normalized spacial score (nSPS) is 11.5. The summed E-state index contributed by atoms with van der Waals surface area (Å²) in [5.41, 5.74) is 0. The molecule has 1 unspecified atom stereocenters. The first-order chi connectivity index (χ1) is 5.18. The molecule has 0 saturated heterocycles. The second kappa shape index (κ2) is 5.75. The Bertz CT molecular complexity index is 176. The van der Waals surface area contributed by atoms with Crippen LogP contribution in [0.25, 0.3) is 0 Å². The van der Waals surface area contributed by atoms with Crippen LogP contribution in [-0.4, -0.2) is 23.8 Å². The quantitative estimate of drug-likeness (QED) is 0.485. The molecular formula is C8H12O3. The van der Waals surface area contributed by atoms with Crippen LogP contribution in [-0.2, 0) is 9.53 Å². The van der Waals surface area contributed by atoms with E-state index < -0.39 is 12.1 Å². The molecule has 0 spiro atoms. The minimum absolute atomic E-state index is 0.383. The van der Waals surface area contributed by atoms with E-state index in [1.54, 1.807) is 6.92 Å². The summed E-state index contributed by atoms with van der Waals surface area (Å²) in [5.74, 6) is 4.53. The van der Waals surface area contributed by atoms with E-state index >= 15 is 0 Å². The SMILES string of the molecule is CC#CCCOC(C)C(=O)O. The molecule has 0 heterocycles. The summed E-state index contributed by atoms with van der Waals surface area (Å²) >= 11 is 0. The third-order valence-electron chi connectivity index (χ3n) is 1.12. The lowest BCUT2D eigenvalue weighted by Gasteiger charge is -2.04. The number of hydrogen-bond acceptors (Lipinski definition) is 2. The number of ether oxygens (including phenoxy) is 1. The van der Waals surface area contributed by atoms with Gasteiger partial charge in [0.2, 0.25) is 0 Å². The van der Waals surface area contributed by atoms with Crippen LogP contribution in [0.4, 0.5) is 0 Å². The summed E-state index contributed by atoms with van der Waals surface area (Å²) in [6.07, 6.45) is -0.137. The lowest BCUT2D eigenvalue weighted by atomic mass is 10.4. The Hall–Kier alpha value is -1.01. The molecule has 0 aliphatic heterocycles.